The molecule has 13 heavy (non-hydrogen) atoms. The second-order valence-electron chi connectivity index (χ2n) is 2.61. The predicted octanol–water partition coefficient (Wildman–Crippen LogP) is 2.83. The molecule has 0 saturated carbocycles. The zero-order chi connectivity index (χ0) is 10.0. The van der Waals surface area contributed by atoms with Gasteiger partial charge in [-0.2, -0.15) is 0 Å². The van der Waals surface area contributed by atoms with Gasteiger partial charge in [0.05, 0.1) is 12.7 Å². The third-order valence-electron chi connectivity index (χ3n) is 1.67. The van der Waals surface area contributed by atoms with Crippen LogP contribution in [0.2, 0.25) is 0 Å². The molecule has 0 fully saturated rings. The van der Waals surface area contributed by atoms with Crippen LogP contribution in [0.15, 0.2) is 21.5 Å². The highest BCUT2D eigenvalue weighted by Crippen LogP contribution is 2.24. The van der Waals surface area contributed by atoms with Crippen LogP contribution in [0.1, 0.15) is 15.9 Å². The van der Waals surface area contributed by atoms with Gasteiger partial charge >= 0.3 is 5.97 Å². The van der Waals surface area contributed by atoms with Crippen LogP contribution in [-0.4, -0.2) is 13.1 Å². The second-order valence-corrected chi connectivity index (χ2v) is 3.97. The molecule has 0 atom stereocenters. The van der Waals surface area contributed by atoms with E-state index < -0.39 is 0 Å². The molecule has 0 unspecified atom stereocenters. The number of aryl methyl sites for hydroxylation is 1. The van der Waals surface area contributed by atoms with E-state index in [9.17, 15) is 4.79 Å². The van der Waals surface area contributed by atoms with Crippen LogP contribution in [0.4, 0.5) is 0 Å². The first-order valence-electron chi connectivity index (χ1n) is 3.63. The Kier molecular flexibility index (Phi) is 3.39. The number of methoxy groups -OCH3 is 1. The van der Waals surface area contributed by atoms with Crippen LogP contribution in [0.25, 0.3) is 0 Å². The molecule has 4 heteroatoms. The van der Waals surface area contributed by atoms with Crippen LogP contribution in [0, 0.1) is 6.92 Å². The maximum Gasteiger partial charge on any atom is 0.339 e. The Morgan fingerprint density at radius 3 is 2.69 bits per heavy atom. The smallest absolute Gasteiger partial charge is 0.339 e. The Hall–Kier alpha value is -0.480. The van der Waals surface area contributed by atoms with Crippen molar-refractivity contribution in [3.63, 3.8) is 0 Å². The van der Waals surface area contributed by atoms with Gasteiger partial charge in [-0.05, 0) is 24.6 Å². The van der Waals surface area contributed by atoms with Gasteiger partial charge in [0.25, 0.3) is 0 Å². The molecule has 0 aliphatic carbocycles. The van der Waals surface area contributed by atoms with Crippen molar-refractivity contribution in [3.05, 3.63) is 27.7 Å². The average Bonchev–Trinajstić information content (AvgIpc) is 2.10. The fourth-order valence-electron chi connectivity index (χ4n) is 1.00. The Labute approximate surface area is 90.8 Å². The summed E-state index contributed by atoms with van der Waals surface area (Å²) in [5.41, 5.74) is 1.43. The number of carbonyl (C=O) groups excluding carboxylic acids is 1. The van der Waals surface area contributed by atoms with Gasteiger partial charge in [0.1, 0.15) is 0 Å². The number of rotatable bonds is 1. The molecule has 0 heterocycles. The molecule has 70 valence electrons. The standard InChI is InChI=1S/C9H9BrO2S/c1-5-3-6(10)4-7(8(5)13)9(11)12-2/h3-4,13H,1-2H3. The highest BCUT2D eigenvalue weighted by atomic mass is 79.9. The van der Waals surface area contributed by atoms with E-state index in [1.54, 1.807) is 6.07 Å². The van der Waals surface area contributed by atoms with E-state index in [-0.39, 0.29) is 5.97 Å². The van der Waals surface area contributed by atoms with Gasteiger partial charge in [0.15, 0.2) is 0 Å². The van der Waals surface area contributed by atoms with Gasteiger partial charge in [-0.25, -0.2) is 4.79 Å². The minimum Gasteiger partial charge on any atom is -0.465 e. The van der Waals surface area contributed by atoms with E-state index in [1.165, 1.54) is 7.11 Å². The molecule has 2 nitrogen and oxygen atoms in total. The maximum atomic E-state index is 11.2. The lowest BCUT2D eigenvalue weighted by atomic mass is 10.1. The number of hydrogen-bond acceptors (Lipinski definition) is 3. The summed E-state index contributed by atoms with van der Waals surface area (Å²) in [6.07, 6.45) is 0. The van der Waals surface area contributed by atoms with Gasteiger partial charge in [-0.15, -0.1) is 12.6 Å². The molecular weight excluding hydrogens is 252 g/mol. The summed E-state index contributed by atoms with van der Waals surface area (Å²) < 4.78 is 5.47. The molecule has 1 aromatic rings. The van der Waals surface area contributed by atoms with Crippen molar-refractivity contribution < 1.29 is 9.53 Å². The van der Waals surface area contributed by atoms with Crippen molar-refractivity contribution in [2.45, 2.75) is 11.8 Å². The van der Waals surface area contributed by atoms with Gasteiger partial charge in [0, 0.05) is 9.37 Å². The van der Waals surface area contributed by atoms with Crippen molar-refractivity contribution in [2.24, 2.45) is 0 Å². The quantitative estimate of drug-likeness (QED) is 0.621. The van der Waals surface area contributed by atoms with E-state index in [4.69, 9.17) is 0 Å². The zero-order valence-corrected chi connectivity index (χ0v) is 9.78. The lowest BCUT2D eigenvalue weighted by Crippen LogP contribution is -2.03. The summed E-state index contributed by atoms with van der Waals surface area (Å²) in [4.78, 5) is 11.9. The molecule has 0 bridgehead atoms. The number of halogens is 1. The average molecular weight is 261 g/mol. The first-order valence-corrected chi connectivity index (χ1v) is 4.87. The first-order chi connectivity index (χ1) is 6.06. The number of esters is 1. The predicted molar refractivity (Wildman–Crippen MR) is 57.5 cm³/mol. The molecular formula is C9H9BrO2S. The molecule has 1 aromatic carbocycles. The summed E-state index contributed by atoms with van der Waals surface area (Å²) in [6, 6.07) is 3.59. The van der Waals surface area contributed by atoms with E-state index >= 15 is 0 Å². The number of hydrogen-bond donors (Lipinski definition) is 1. The lowest BCUT2D eigenvalue weighted by molar-refractivity contribution is 0.0596. The summed E-state index contributed by atoms with van der Waals surface area (Å²) in [6.45, 7) is 1.89. The fourth-order valence-corrected chi connectivity index (χ4v) is 1.79. The minimum atomic E-state index is -0.366. The zero-order valence-electron chi connectivity index (χ0n) is 7.30. The molecule has 0 aromatic heterocycles. The Morgan fingerprint density at radius 1 is 1.54 bits per heavy atom. The van der Waals surface area contributed by atoms with Gasteiger partial charge in [0.2, 0.25) is 0 Å². The fraction of sp³-hybridized carbons (Fsp3) is 0.222. The van der Waals surface area contributed by atoms with E-state index in [0.717, 1.165) is 10.0 Å². The molecule has 0 spiro atoms. The van der Waals surface area contributed by atoms with E-state index in [2.05, 4.69) is 33.3 Å². The van der Waals surface area contributed by atoms with Gasteiger partial charge in [-0.1, -0.05) is 15.9 Å². The summed E-state index contributed by atoms with van der Waals surface area (Å²) in [7, 11) is 1.35. The van der Waals surface area contributed by atoms with Crippen LogP contribution in [0.3, 0.4) is 0 Å². The van der Waals surface area contributed by atoms with Crippen molar-refractivity contribution in [1.82, 2.24) is 0 Å². The maximum absolute atomic E-state index is 11.2. The van der Waals surface area contributed by atoms with Crippen molar-refractivity contribution in [2.75, 3.05) is 7.11 Å². The Morgan fingerprint density at radius 2 is 2.15 bits per heavy atom. The van der Waals surface area contributed by atoms with Crippen LogP contribution in [-0.2, 0) is 4.74 Å². The number of thiol groups is 1. The van der Waals surface area contributed by atoms with Crippen LogP contribution in [0.5, 0.6) is 0 Å². The van der Waals surface area contributed by atoms with E-state index in [1.807, 2.05) is 13.0 Å². The van der Waals surface area contributed by atoms with Gasteiger partial charge < -0.3 is 4.74 Å². The summed E-state index contributed by atoms with van der Waals surface area (Å²) in [5, 5.41) is 0. The molecule has 0 saturated heterocycles. The monoisotopic (exact) mass is 260 g/mol. The summed E-state index contributed by atoms with van der Waals surface area (Å²) >= 11 is 7.53. The topological polar surface area (TPSA) is 26.3 Å². The first kappa shape index (κ1) is 10.6. The largest absolute Gasteiger partial charge is 0.465 e. The van der Waals surface area contributed by atoms with E-state index in [0.29, 0.717) is 10.5 Å². The Balaban J connectivity index is 3.28. The third-order valence-corrected chi connectivity index (χ3v) is 2.72. The van der Waals surface area contributed by atoms with Crippen LogP contribution >= 0.6 is 28.6 Å². The van der Waals surface area contributed by atoms with Gasteiger partial charge in [-0.3, -0.25) is 0 Å². The van der Waals surface area contributed by atoms with Crippen LogP contribution < -0.4 is 0 Å². The van der Waals surface area contributed by atoms with Crippen molar-refractivity contribution in [3.8, 4) is 0 Å². The molecule has 0 amide bonds. The van der Waals surface area contributed by atoms with Crippen molar-refractivity contribution >= 4 is 34.5 Å². The second kappa shape index (κ2) is 4.15. The lowest BCUT2D eigenvalue weighted by Gasteiger charge is -2.06. The number of carbonyl (C=O) groups is 1. The van der Waals surface area contributed by atoms with Crippen molar-refractivity contribution in [1.29, 1.82) is 0 Å². The SMILES string of the molecule is COC(=O)c1cc(Br)cc(C)c1S. The normalized spacial score (nSPS) is 9.85. The molecule has 0 radical (unpaired) electrons. The minimum absolute atomic E-state index is 0.366. The highest BCUT2D eigenvalue weighted by Gasteiger charge is 2.12. The number of ether oxygens (including phenoxy) is 1. The molecule has 0 N–H and O–H groups in total. The Bertz CT molecular complexity index is 350. The molecule has 0 aliphatic heterocycles. The number of benzene rings is 1. The molecule has 0 aliphatic rings. The molecule has 1 rings (SSSR count). The third kappa shape index (κ3) is 2.25. The summed E-state index contributed by atoms with van der Waals surface area (Å²) in [5.74, 6) is -0.366. The highest BCUT2D eigenvalue weighted by molar-refractivity contribution is 9.10.